The molecule has 0 aliphatic rings. The van der Waals surface area contributed by atoms with E-state index in [0.29, 0.717) is 5.69 Å². The number of aromatic nitrogens is 1. The standard InChI is InChI=1S/C13H18FNO.C10H15N.C2H6.CH2O/c1-9(2)6-7-10(3)11-8-12(16-15-11)13(4,5)14;1-7-5-8(2)10(11-4)9(3)6-7;2*1-2/h6-8H,1-5H3;5-6,11H,1-4H3;1-2H3;1H2/b10-7+;;;. The lowest BCUT2D eigenvalue weighted by Gasteiger charge is -2.09. The molecule has 0 aliphatic carbocycles. The molecule has 0 fully saturated rings. The second-order valence-electron chi connectivity index (χ2n) is 7.67. The summed E-state index contributed by atoms with van der Waals surface area (Å²) in [6.07, 6.45) is 3.94. The van der Waals surface area contributed by atoms with E-state index in [0.717, 1.165) is 5.57 Å². The maximum atomic E-state index is 13.5. The zero-order valence-corrected chi connectivity index (χ0v) is 21.2. The van der Waals surface area contributed by atoms with Crippen molar-refractivity contribution in [1.29, 1.82) is 0 Å². The zero-order valence-electron chi connectivity index (χ0n) is 21.2. The first-order chi connectivity index (χ1) is 14.5. The molecule has 31 heavy (non-hydrogen) atoms. The monoisotopic (exact) mass is 432 g/mol. The Morgan fingerprint density at radius 2 is 1.52 bits per heavy atom. The van der Waals surface area contributed by atoms with Crippen molar-refractivity contribution in [3.05, 3.63) is 64.1 Å². The number of benzene rings is 1. The lowest BCUT2D eigenvalue weighted by Crippen LogP contribution is -2.06. The summed E-state index contributed by atoms with van der Waals surface area (Å²) in [5.41, 5.74) is 6.60. The van der Waals surface area contributed by atoms with E-state index in [-0.39, 0.29) is 5.76 Å². The maximum absolute atomic E-state index is 13.5. The van der Waals surface area contributed by atoms with E-state index in [2.05, 4.69) is 43.4 Å². The van der Waals surface area contributed by atoms with Crippen LogP contribution in [0.1, 0.15) is 76.6 Å². The zero-order chi connectivity index (χ0) is 24.8. The van der Waals surface area contributed by atoms with E-state index in [1.54, 1.807) is 6.07 Å². The third-order valence-electron chi connectivity index (χ3n) is 4.09. The number of allylic oxidation sites excluding steroid dienone is 4. The smallest absolute Gasteiger partial charge is 0.173 e. The van der Waals surface area contributed by atoms with Crippen LogP contribution in [0.25, 0.3) is 5.57 Å². The van der Waals surface area contributed by atoms with Crippen molar-refractivity contribution >= 4 is 18.0 Å². The molecule has 0 aliphatic heterocycles. The number of rotatable bonds is 4. The Labute approximate surface area is 188 Å². The summed E-state index contributed by atoms with van der Waals surface area (Å²) in [5, 5.41) is 7.04. The minimum atomic E-state index is -1.48. The van der Waals surface area contributed by atoms with Gasteiger partial charge in [0, 0.05) is 18.8 Å². The Balaban J connectivity index is 0. The molecule has 0 spiro atoms. The van der Waals surface area contributed by atoms with Crippen molar-refractivity contribution in [2.75, 3.05) is 12.4 Å². The summed E-state index contributed by atoms with van der Waals surface area (Å²) < 4.78 is 18.5. The Bertz CT molecular complexity index is 816. The molecule has 1 N–H and O–H groups in total. The molecule has 4 nitrogen and oxygen atoms in total. The van der Waals surface area contributed by atoms with Crippen molar-refractivity contribution in [3.8, 4) is 0 Å². The number of carbonyl (C=O) groups is 1. The Kier molecular flexibility index (Phi) is 14.9. The minimum Gasteiger partial charge on any atom is -0.388 e. The molecule has 0 bridgehead atoms. The largest absolute Gasteiger partial charge is 0.388 e. The van der Waals surface area contributed by atoms with Crippen molar-refractivity contribution in [2.45, 2.75) is 74.9 Å². The molecule has 0 amide bonds. The molecule has 1 heterocycles. The van der Waals surface area contributed by atoms with Crippen molar-refractivity contribution in [1.82, 2.24) is 5.16 Å². The van der Waals surface area contributed by atoms with Gasteiger partial charge in [-0.2, -0.15) is 0 Å². The van der Waals surface area contributed by atoms with Crippen LogP contribution in [0.4, 0.5) is 10.1 Å². The molecule has 5 heteroatoms. The number of alkyl halides is 1. The summed E-state index contributed by atoms with van der Waals surface area (Å²) in [6, 6.07) is 6.03. The van der Waals surface area contributed by atoms with Gasteiger partial charge in [0.05, 0.1) is 0 Å². The summed E-state index contributed by atoms with van der Waals surface area (Å²) in [5.74, 6) is 0.257. The average Bonchev–Trinajstić information content (AvgIpc) is 3.20. The Hall–Kier alpha value is -2.69. The Morgan fingerprint density at radius 1 is 1.03 bits per heavy atom. The van der Waals surface area contributed by atoms with Gasteiger partial charge in [-0.3, -0.25) is 0 Å². The molecule has 1 aromatic heterocycles. The van der Waals surface area contributed by atoms with Gasteiger partial charge in [-0.15, -0.1) is 0 Å². The molecular weight excluding hydrogens is 391 g/mol. The third-order valence-corrected chi connectivity index (χ3v) is 4.09. The number of hydrogen-bond donors (Lipinski definition) is 1. The highest BCUT2D eigenvalue weighted by molar-refractivity contribution is 5.62. The fourth-order valence-corrected chi connectivity index (χ4v) is 2.69. The topological polar surface area (TPSA) is 55.1 Å². The maximum Gasteiger partial charge on any atom is 0.173 e. The van der Waals surface area contributed by atoms with E-state index >= 15 is 0 Å². The molecular formula is C26H41FN2O2. The third kappa shape index (κ3) is 11.3. The van der Waals surface area contributed by atoms with Crippen molar-refractivity contribution in [2.24, 2.45) is 0 Å². The van der Waals surface area contributed by atoms with Crippen LogP contribution < -0.4 is 5.32 Å². The molecule has 0 saturated carbocycles. The molecule has 0 radical (unpaired) electrons. The van der Waals surface area contributed by atoms with Gasteiger partial charge in [0.15, 0.2) is 11.4 Å². The van der Waals surface area contributed by atoms with E-state index in [4.69, 9.17) is 9.32 Å². The number of nitrogens with one attached hydrogen (secondary N) is 1. The first-order valence-electron chi connectivity index (χ1n) is 10.5. The van der Waals surface area contributed by atoms with Crippen LogP contribution in [0.3, 0.4) is 0 Å². The second kappa shape index (κ2) is 15.2. The highest BCUT2D eigenvalue weighted by Gasteiger charge is 2.24. The number of anilines is 1. The molecule has 2 aromatic rings. The van der Waals surface area contributed by atoms with Crippen LogP contribution in [0.5, 0.6) is 0 Å². The van der Waals surface area contributed by atoms with Crippen LogP contribution in [0, 0.1) is 20.8 Å². The molecule has 0 atom stereocenters. The summed E-state index contributed by atoms with van der Waals surface area (Å²) >= 11 is 0. The van der Waals surface area contributed by atoms with Gasteiger partial charge >= 0.3 is 0 Å². The number of carbonyl (C=O) groups excluding carboxylic acids is 1. The quantitative estimate of drug-likeness (QED) is 0.502. The number of aryl methyl sites for hydroxylation is 3. The number of halogens is 1. The van der Waals surface area contributed by atoms with Crippen LogP contribution in [-0.2, 0) is 10.5 Å². The highest BCUT2D eigenvalue weighted by Crippen LogP contribution is 2.27. The summed E-state index contributed by atoms with van der Waals surface area (Å²) in [6.45, 7) is 21.2. The van der Waals surface area contributed by atoms with Crippen LogP contribution in [-0.4, -0.2) is 19.0 Å². The van der Waals surface area contributed by atoms with Gasteiger partial charge in [-0.05, 0) is 72.1 Å². The molecule has 1 aromatic carbocycles. The second-order valence-corrected chi connectivity index (χ2v) is 7.67. The number of nitrogens with zero attached hydrogens (tertiary/aromatic N) is 1. The fraction of sp³-hybridized carbons (Fsp3) is 0.462. The molecule has 0 unspecified atom stereocenters. The average molecular weight is 433 g/mol. The van der Waals surface area contributed by atoms with Gasteiger partial charge in [0.1, 0.15) is 12.5 Å². The van der Waals surface area contributed by atoms with Gasteiger partial charge in [0.25, 0.3) is 0 Å². The van der Waals surface area contributed by atoms with Gasteiger partial charge < -0.3 is 14.6 Å². The highest BCUT2D eigenvalue weighted by atomic mass is 19.1. The van der Waals surface area contributed by atoms with Crippen molar-refractivity contribution < 1.29 is 13.7 Å². The van der Waals surface area contributed by atoms with E-state index < -0.39 is 5.67 Å². The molecule has 0 saturated heterocycles. The van der Waals surface area contributed by atoms with Gasteiger partial charge in [-0.25, -0.2) is 4.39 Å². The predicted molar refractivity (Wildman–Crippen MR) is 132 cm³/mol. The van der Waals surface area contributed by atoms with E-state index in [1.165, 1.54) is 41.8 Å². The lowest BCUT2D eigenvalue weighted by atomic mass is 10.1. The van der Waals surface area contributed by atoms with E-state index in [1.807, 2.05) is 60.6 Å². The minimum absolute atomic E-state index is 0.257. The van der Waals surface area contributed by atoms with Crippen molar-refractivity contribution in [3.63, 3.8) is 0 Å². The SMILES string of the molecule is C=O.CC.CC(C)=C/C=C(\C)c1cc(C(C)(C)F)on1.CNc1c(C)cc(C)cc1C. The van der Waals surface area contributed by atoms with Crippen LogP contribution in [0.2, 0.25) is 0 Å². The molecule has 174 valence electrons. The Morgan fingerprint density at radius 3 is 1.87 bits per heavy atom. The van der Waals surface area contributed by atoms with Crippen LogP contribution >= 0.6 is 0 Å². The number of hydrogen-bond acceptors (Lipinski definition) is 4. The van der Waals surface area contributed by atoms with Gasteiger partial charge in [-0.1, -0.05) is 54.4 Å². The fourth-order valence-electron chi connectivity index (χ4n) is 2.69. The predicted octanol–water partition coefficient (Wildman–Crippen LogP) is 7.74. The first kappa shape index (κ1) is 30.5. The van der Waals surface area contributed by atoms with Crippen LogP contribution in [0.15, 0.2) is 40.4 Å². The summed E-state index contributed by atoms with van der Waals surface area (Å²) in [4.78, 5) is 8.00. The first-order valence-corrected chi connectivity index (χ1v) is 10.5. The lowest BCUT2D eigenvalue weighted by molar-refractivity contribution is -0.0980. The summed E-state index contributed by atoms with van der Waals surface area (Å²) in [7, 11) is 1.96. The molecule has 2 rings (SSSR count). The van der Waals surface area contributed by atoms with Gasteiger partial charge in [0.2, 0.25) is 0 Å². The van der Waals surface area contributed by atoms with E-state index in [9.17, 15) is 4.39 Å². The normalized spacial score (nSPS) is 10.4.